The minimum atomic E-state index is -3.75. The number of carbonyl (C=O) groups excluding carboxylic acids is 1. The van der Waals surface area contributed by atoms with Crippen LogP contribution in [0.4, 0.5) is 5.69 Å². The molecule has 1 saturated heterocycles. The van der Waals surface area contributed by atoms with Gasteiger partial charge in [-0.25, -0.2) is 13.4 Å². The number of sulfone groups is 1. The van der Waals surface area contributed by atoms with Crippen molar-refractivity contribution in [2.45, 2.75) is 17.9 Å². The lowest BCUT2D eigenvalue weighted by atomic mass is 10.4. The van der Waals surface area contributed by atoms with Gasteiger partial charge in [-0.3, -0.25) is 4.79 Å². The second-order valence-electron chi connectivity index (χ2n) is 4.24. The summed E-state index contributed by atoms with van der Waals surface area (Å²) in [6.07, 6.45) is 3.21. The fourth-order valence-corrected chi connectivity index (χ4v) is 3.24. The van der Waals surface area contributed by atoms with Crippen LogP contribution in [0.3, 0.4) is 0 Å². The van der Waals surface area contributed by atoms with Gasteiger partial charge in [0.1, 0.15) is 5.75 Å². The Balaban J connectivity index is 2.17. The fraction of sp³-hybridized carbons (Fsp3) is 0.455. The molecule has 1 aromatic heterocycles. The second-order valence-corrected chi connectivity index (χ2v) is 6.15. The van der Waals surface area contributed by atoms with Gasteiger partial charge in [-0.2, -0.15) is 0 Å². The molecule has 0 bridgehead atoms. The van der Waals surface area contributed by atoms with Crippen molar-refractivity contribution in [1.29, 1.82) is 0 Å². The van der Waals surface area contributed by atoms with Crippen molar-refractivity contribution in [2.75, 3.05) is 24.6 Å². The standard InChI is InChI=1S/C11H15N3O3S/c12-9-4-3-5-13-11(9)18(16,17)8-10(15)14-6-1-2-7-14/h3-5H,1-2,6-8,12H2. The largest absolute Gasteiger partial charge is 0.396 e. The second kappa shape index (κ2) is 4.93. The summed E-state index contributed by atoms with van der Waals surface area (Å²) in [6, 6.07) is 3.01. The number of nitrogens with zero attached hydrogens (tertiary/aromatic N) is 2. The van der Waals surface area contributed by atoms with Crippen LogP contribution in [0.5, 0.6) is 0 Å². The van der Waals surface area contributed by atoms with E-state index in [-0.39, 0.29) is 16.6 Å². The molecular formula is C11H15N3O3S. The lowest BCUT2D eigenvalue weighted by Gasteiger charge is -2.15. The number of nitrogen functional groups attached to an aromatic ring is 1. The number of nitrogens with two attached hydrogens (primary N) is 1. The molecular weight excluding hydrogens is 254 g/mol. The molecule has 0 spiro atoms. The maximum atomic E-state index is 12.0. The first-order valence-electron chi connectivity index (χ1n) is 5.72. The molecule has 0 unspecified atom stereocenters. The molecule has 0 atom stereocenters. The van der Waals surface area contributed by atoms with Crippen molar-refractivity contribution in [2.24, 2.45) is 0 Å². The van der Waals surface area contributed by atoms with Gasteiger partial charge in [0, 0.05) is 19.3 Å². The van der Waals surface area contributed by atoms with Gasteiger partial charge in [0.2, 0.25) is 15.7 Å². The summed E-state index contributed by atoms with van der Waals surface area (Å²) in [5, 5.41) is -0.211. The van der Waals surface area contributed by atoms with Gasteiger partial charge < -0.3 is 10.6 Å². The Morgan fingerprint density at radius 2 is 2.06 bits per heavy atom. The molecule has 1 aromatic rings. The highest BCUT2D eigenvalue weighted by Gasteiger charge is 2.27. The maximum Gasteiger partial charge on any atom is 0.238 e. The molecule has 0 aromatic carbocycles. The van der Waals surface area contributed by atoms with Crippen LogP contribution >= 0.6 is 0 Å². The number of carbonyl (C=O) groups is 1. The molecule has 6 nitrogen and oxygen atoms in total. The van der Waals surface area contributed by atoms with Gasteiger partial charge in [0.05, 0.1) is 5.69 Å². The smallest absolute Gasteiger partial charge is 0.238 e. The number of likely N-dealkylation sites (tertiary alicyclic amines) is 1. The number of anilines is 1. The van der Waals surface area contributed by atoms with Crippen LogP contribution in [0.2, 0.25) is 0 Å². The van der Waals surface area contributed by atoms with E-state index in [1.165, 1.54) is 12.3 Å². The number of aromatic nitrogens is 1. The average Bonchev–Trinajstić information content (AvgIpc) is 2.82. The van der Waals surface area contributed by atoms with Crippen LogP contribution in [0.25, 0.3) is 0 Å². The lowest BCUT2D eigenvalue weighted by molar-refractivity contribution is -0.127. The van der Waals surface area contributed by atoms with Crippen LogP contribution in [-0.4, -0.2) is 43.1 Å². The van der Waals surface area contributed by atoms with E-state index in [2.05, 4.69) is 4.98 Å². The number of pyridine rings is 1. The van der Waals surface area contributed by atoms with Gasteiger partial charge in [0.15, 0.2) is 5.03 Å². The molecule has 1 aliphatic heterocycles. The molecule has 7 heteroatoms. The molecule has 0 radical (unpaired) electrons. The van der Waals surface area contributed by atoms with Crippen LogP contribution < -0.4 is 5.73 Å². The minimum absolute atomic E-state index is 0.0757. The van der Waals surface area contributed by atoms with E-state index in [9.17, 15) is 13.2 Å². The summed E-state index contributed by atoms with van der Waals surface area (Å²) < 4.78 is 24.1. The van der Waals surface area contributed by atoms with Gasteiger partial charge in [-0.15, -0.1) is 0 Å². The molecule has 1 aliphatic rings. The van der Waals surface area contributed by atoms with E-state index >= 15 is 0 Å². The number of rotatable bonds is 3. The zero-order valence-corrected chi connectivity index (χ0v) is 10.7. The predicted octanol–water partition coefficient (Wildman–Crippen LogP) is 0.0599. The van der Waals surface area contributed by atoms with Crippen molar-refractivity contribution in [3.05, 3.63) is 18.3 Å². The molecule has 1 fully saturated rings. The Morgan fingerprint density at radius 3 is 2.67 bits per heavy atom. The summed E-state index contributed by atoms with van der Waals surface area (Å²) in [7, 11) is -3.75. The first-order chi connectivity index (χ1) is 8.50. The third-order valence-electron chi connectivity index (χ3n) is 2.87. The molecule has 18 heavy (non-hydrogen) atoms. The van der Waals surface area contributed by atoms with Crippen molar-refractivity contribution in [3.8, 4) is 0 Å². The number of hydrogen-bond donors (Lipinski definition) is 1. The number of amides is 1. The fourth-order valence-electron chi connectivity index (χ4n) is 1.95. The highest BCUT2D eigenvalue weighted by atomic mass is 32.2. The molecule has 2 heterocycles. The van der Waals surface area contributed by atoms with Crippen LogP contribution in [-0.2, 0) is 14.6 Å². The van der Waals surface area contributed by atoms with Crippen molar-refractivity contribution >= 4 is 21.4 Å². The maximum absolute atomic E-state index is 12.0. The topological polar surface area (TPSA) is 93.4 Å². The van der Waals surface area contributed by atoms with Crippen molar-refractivity contribution in [3.63, 3.8) is 0 Å². The first kappa shape index (κ1) is 12.8. The van der Waals surface area contributed by atoms with E-state index in [0.29, 0.717) is 13.1 Å². The molecule has 1 amide bonds. The van der Waals surface area contributed by atoms with Gasteiger partial charge in [0.25, 0.3) is 0 Å². The molecule has 2 N–H and O–H groups in total. The lowest BCUT2D eigenvalue weighted by Crippen LogP contribution is -2.33. The van der Waals surface area contributed by atoms with Crippen LogP contribution in [0, 0.1) is 0 Å². The van der Waals surface area contributed by atoms with Crippen molar-refractivity contribution in [1.82, 2.24) is 9.88 Å². The van der Waals surface area contributed by atoms with Crippen molar-refractivity contribution < 1.29 is 13.2 Å². The third-order valence-corrected chi connectivity index (χ3v) is 4.42. The van der Waals surface area contributed by atoms with Crippen LogP contribution in [0.1, 0.15) is 12.8 Å². The molecule has 98 valence electrons. The Kier molecular flexibility index (Phi) is 3.51. The van der Waals surface area contributed by atoms with E-state index in [1.54, 1.807) is 11.0 Å². The summed E-state index contributed by atoms with van der Waals surface area (Å²) in [5.74, 6) is -0.939. The highest BCUT2D eigenvalue weighted by molar-refractivity contribution is 7.92. The molecule has 0 aliphatic carbocycles. The first-order valence-corrected chi connectivity index (χ1v) is 7.37. The van der Waals surface area contributed by atoms with E-state index in [1.807, 2.05) is 0 Å². The Hall–Kier alpha value is -1.63. The van der Waals surface area contributed by atoms with E-state index < -0.39 is 15.6 Å². The Labute approximate surface area is 106 Å². The summed E-state index contributed by atoms with van der Waals surface area (Å²) in [6.45, 7) is 1.26. The average molecular weight is 269 g/mol. The third kappa shape index (κ3) is 2.61. The van der Waals surface area contributed by atoms with Gasteiger partial charge in [-0.1, -0.05) is 0 Å². The monoisotopic (exact) mass is 269 g/mol. The molecule has 2 rings (SSSR count). The quantitative estimate of drug-likeness (QED) is 0.837. The summed E-state index contributed by atoms with van der Waals surface area (Å²) in [4.78, 5) is 17.1. The Bertz CT molecular complexity index is 550. The zero-order valence-electron chi connectivity index (χ0n) is 9.87. The molecule has 0 saturated carbocycles. The van der Waals surface area contributed by atoms with Gasteiger partial charge >= 0.3 is 0 Å². The highest BCUT2D eigenvalue weighted by Crippen LogP contribution is 2.17. The zero-order chi connectivity index (χ0) is 13.2. The normalized spacial score (nSPS) is 15.9. The van der Waals surface area contributed by atoms with Gasteiger partial charge in [-0.05, 0) is 25.0 Å². The SMILES string of the molecule is Nc1cccnc1S(=O)(=O)CC(=O)N1CCCC1. The predicted molar refractivity (Wildman–Crippen MR) is 66.5 cm³/mol. The van der Waals surface area contributed by atoms with E-state index in [0.717, 1.165) is 12.8 Å². The minimum Gasteiger partial charge on any atom is -0.396 e. The summed E-state index contributed by atoms with van der Waals surface area (Å²) in [5.41, 5.74) is 5.64. The summed E-state index contributed by atoms with van der Waals surface area (Å²) >= 11 is 0. The number of hydrogen-bond acceptors (Lipinski definition) is 5. The van der Waals surface area contributed by atoms with Crippen LogP contribution in [0.15, 0.2) is 23.4 Å². The Morgan fingerprint density at radius 1 is 1.39 bits per heavy atom. The van der Waals surface area contributed by atoms with E-state index in [4.69, 9.17) is 5.73 Å².